The van der Waals surface area contributed by atoms with Crippen LogP contribution in [-0.2, 0) is 0 Å². The molecule has 1 saturated carbocycles. The molecule has 0 aliphatic heterocycles. The maximum atomic E-state index is 11.8. The number of aromatic amines is 1. The van der Waals surface area contributed by atoms with Crippen LogP contribution in [-0.4, -0.2) is 52.2 Å². The summed E-state index contributed by atoms with van der Waals surface area (Å²) in [6.07, 6.45) is 4.36. The molecule has 0 unspecified atom stereocenters. The van der Waals surface area contributed by atoms with Crippen LogP contribution in [0.4, 0.5) is 0 Å². The van der Waals surface area contributed by atoms with Crippen molar-refractivity contribution in [2.75, 3.05) is 20.1 Å². The van der Waals surface area contributed by atoms with E-state index in [0.29, 0.717) is 18.5 Å². The maximum Gasteiger partial charge on any atom is 0.290 e. The van der Waals surface area contributed by atoms with Gasteiger partial charge in [-0.25, -0.2) is 4.98 Å². The molecule has 0 atom stereocenters. The summed E-state index contributed by atoms with van der Waals surface area (Å²) in [5, 5.41) is 9.69. The highest BCUT2D eigenvalue weighted by Crippen LogP contribution is 2.37. The number of unbranched alkanes of at least 4 members (excludes halogenated alkanes) is 1. The first-order chi connectivity index (χ1) is 9.58. The molecule has 112 valence electrons. The smallest absolute Gasteiger partial charge is 0.290 e. The minimum Gasteiger partial charge on any atom is -0.349 e. The Morgan fingerprint density at radius 2 is 2.20 bits per heavy atom. The summed E-state index contributed by atoms with van der Waals surface area (Å²) in [7, 11) is 2.12. The lowest BCUT2D eigenvalue weighted by atomic mass is 10.2. The molecule has 0 spiro atoms. The van der Waals surface area contributed by atoms with E-state index < -0.39 is 0 Å². The standard InChI is InChI=1S/C14H25N5O/c1-10(2)19(3)9-5-4-8-15-14(20)13-16-12(17-18-13)11-6-7-11/h10-11H,4-9H2,1-3H3,(H,15,20)(H,16,17,18). The zero-order valence-corrected chi connectivity index (χ0v) is 12.6. The van der Waals surface area contributed by atoms with Crippen molar-refractivity contribution in [3.8, 4) is 0 Å². The van der Waals surface area contributed by atoms with E-state index in [1.165, 1.54) is 0 Å². The number of carbonyl (C=O) groups excluding carboxylic acids is 1. The summed E-state index contributed by atoms with van der Waals surface area (Å²) in [4.78, 5) is 18.4. The van der Waals surface area contributed by atoms with Crippen LogP contribution in [0, 0.1) is 0 Å². The van der Waals surface area contributed by atoms with E-state index in [0.717, 1.165) is 38.1 Å². The van der Waals surface area contributed by atoms with Gasteiger partial charge in [0.25, 0.3) is 5.91 Å². The predicted octanol–water partition coefficient (Wildman–Crippen LogP) is 1.53. The molecule has 0 radical (unpaired) electrons. The number of rotatable bonds is 8. The van der Waals surface area contributed by atoms with Crippen molar-refractivity contribution in [1.82, 2.24) is 25.4 Å². The minimum absolute atomic E-state index is 0.176. The van der Waals surface area contributed by atoms with Crippen LogP contribution < -0.4 is 5.32 Å². The summed E-state index contributed by atoms with van der Waals surface area (Å²) in [5.74, 6) is 1.45. The molecule has 1 aromatic rings. The number of nitrogens with zero attached hydrogens (tertiary/aromatic N) is 3. The first-order valence-electron chi connectivity index (χ1n) is 7.48. The van der Waals surface area contributed by atoms with Gasteiger partial charge in [0.05, 0.1) is 0 Å². The van der Waals surface area contributed by atoms with E-state index in [1.807, 2.05) is 0 Å². The lowest BCUT2D eigenvalue weighted by Gasteiger charge is -2.20. The number of nitrogens with one attached hydrogen (secondary N) is 2. The molecule has 20 heavy (non-hydrogen) atoms. The Morgan fingerprint density at radius 1 is 1.45 bits per heavy atom. The van der Waals surface area contributed by atoms with Gasteiger partial charge in [0, 0.05) is 18.5 Å². The van der Waals surface area contributed by atoms with Gasteiger partial charge in [-0.2, -0.15) is 0 Å². The minimum atomic E-state index is -0.176. The Kier molecular flexibility index (Phi) is 5.11. The molecular weight excluding hydrogens is 254 g/mol. The van der Waals surface area contributed by atoms with Crippen molar-refractivity contribution in [2.45, 2.75) is 51.5 Å². The van der Waals surface area contributed by atoms with Gasteiger partial charge in [0.1, 0.15) is 5.82 Å². The second-order valence-electron chi connectivity index (χ2n) is 5.86. The van der Waals surface area contributed by atoms with E-state index in [2.05, 4.69) is 46.3 Å². The van der Waals surface area contributed by atoms with Gasteiger partial charge in [-0.15, -0.1) is 5.10 Å². The number of amides is 1. The molecule has 1 aromatic heterocycles. The van der Waals surface area contributed by atoms with Crippen molar-refractivity contribution >= 4 is 5.91 Å². The molecule has 1 aliphatic carbocycles. The molecule has 0 saturated heterocycles. The van der Waals surface area contributed by atoms with Crippen LogP contribution in [0.3, 0.4) is 0 Å². The molecule has 1 fully saturated rings. The molecule has 6 nitrogen and oxygen atoms in total. The van der Waals surface area contributed by atoms with E-state index in [-0.39, 0.29) is 11.7 Å². The van der Waals surface area contributed by atoms with Gasteiger partial charge in [0.2, 0.25) is 5.82 Å². The molecule has 2 rings (SSSR count). The highest BCUT2D eigenvalue weighted by atomic mass is 16.2. The molecule has 1 aliphatic rings. The fourth-order valence-corrected chi connectivity index (χ4v) is 1.94. The van der Waals surface area contributed by atoms with Crippen molar-refractivity contribution < 1.29 is 4.79 Å². The second kappa shape index (κ2) is 6.83. The molecule has 2 N–H and O–H groups in total. The summed E-state index contributed by atoms with van der Waals surface area (Å²) in [6, 6.07) is 0.568. The highest BCUT2D eigenvalue weighted by molar-refractivity contribution is 5.90. The van der Waals surface area contributed by atoms with E-state index in [1.54, 1.807) is 0 Å². The van der Waals surface area contributed by atoms with Gasteiger partial charge in [0.15, 0.2) is 0 Å². The van der Waals surface area contributed by atoms with Crippen molar-refractivity contribution in [1.29, 1.82) is 0 Å². The van der Waals surface area contributed by atoms with Gasteiger partial charge >= 0.3 is 0 Å². The van der Waals surface area contributed by atoms with Crippen LogP contribution in [0.25, 0.3) is 0 Å². The number of hydrogen-bond acceptors (Lipinski definition) is 4. The monoisotopic (exact) mass is 279 g/mol. The molecule has 1 heterocycles. The van der Waals surface area contributed by atoms with E-state index in [4.69, 9.17) is 0 Å². The fourth-order valence-electron chi connectivity index (χ4n) is 1.94. The van der Waals surface area contributed by atoms with Crippen LogP contribution >= 0.6 is 0 Å². The van der Waals surface area contributed by atoms with Crippen LogP contribution in [0.2, 0.25) is 0 Å². The molecule has 0 aromatic carbocycles. The third-order valence-electron chi connectivity index (χ3n) is 3.77. The Hall–Kier alpha value is -1.43. The van der Waals surface area contributed by atoms with Crippen LogP contribution in [0.1, 0.15) is 61.9 Å². The lowest BCUT2D eigenvalue weighted by molar-refractivity contribution is 0.0942. The lowest BCUT2D eigenvalue weighted by Crippen LogP contribution is -2.29. The van der Waals surface area contributed by atoms with Gasteiger partial charge in [-0.1, -0.05) is 0 Å². The summed E-state index contributed by atoms with van der Waals surface area (Å²) >= 11 is 0. The number of carbonyl (C=O) groups is 1. The van der Waals surface area contributed by atoms with E-state index in [9.17, 15) is 4.79 Å². The van der Waals surface area contributed by atoms with Crippen LogP contribution in [0.15, 0.2) is 0 Å². The average Bonchev–Trinajstić information content (AvgIpc) is 3.15. The Balaban J connectivity index is 1.62. The third-order valence-corrected chi connectivity index (χ3v) is 3.77. The zero-order valence-electron chi connectivity index (χ0n) is 12.6. The molecule has 1 amide bonds. The zero-order chi connectivity index (χ0) is 14.5. The Labute approximate surface area is 120 Å². The van der Waals surface area contributed by atoms with Crippen molar-refractivity contribution in [3.05, 3.63) is 11.6 Å². The molecule has 6 heteroatoms. The Morgan fingerprint density at radius 3 is 2.85 bits per heavy atom. The average molecular weight is 279 g/mol. The predicted molar refractivity (Wildman–Crippen MR) is 77.7 cm³/mol. The van der Waals surface area contributed by atoms with Gasteiger partial charge < -0.3 is 10.2 Å². The summed E-state index contributed by atoms with van der Waals surface area (Å²) in [5.41, 5.74) is 0. The second-order valence-corrected chi connectivity index (χ2v) is 5.86. The normalized spacial score (nSPS) is 15.1. The largest absolute Gasteiger partial charge is 0.349 e. The topological polar surface area (TPSA) is 73.9 Å². The Bertz CT molecular complexity index is 439. The van der Waals surface area contributed by atoms with Gasteiger partial charge in [-0.05, 0) is 53.1 Å². The molecule has 0 bridgehead atoms. The first kappa shape index (κ1) is 15.0. The fraction of sp³-hybridized carbons (Fsp3) is 0.786. The maximum absolute atomic E-state index is 11.8. The van der Waals surface area contributed by atoms with Gasteiger partial charge in [-0.3, -0.25) is 9.89 Å². The summed E-state index contributed by atoms with van der Waals surface area (Å²) < 4.78 is 0. The van der Waals surface area contributed by atoms with E-state index >= 15 is 0 Å². The SMILES string of the molecule is CC(C)N(C)CCCCNC(=O)c1n[nH]c(C2CC2)n1. The number of hydrogen-bond donors (Lipinski definition) is 2. The van der Waals surface area contributed by atoms with Crippen molar-refractivity contribution in [3.63, 3.8) is 0 Å². The number of aromatic nitrogens is 3. The third kappa shape index (κ3) is 4.30. The van der Waals surface area contributed by atoms with Crippen molar-refractivity contribution in [2.24, 2.45) is 0 Å². The van der Waals surface area contributed by atoms with Crippen LogP contribution in [0.5, 0.6) is 0 Å². The number of H-pyrrole nitrogens is 1. The highest BCUT2D eigenvalue weighted by Gasteiger charge is 2.28. The first-order valence-corrected chi connectivity index (χ1v) is 7.48. The quantitative estimate of drug-likeness (QED) is 0.708. The molecular formula is C14H25N5O. The summed E-state index contributed by atoms with van der Waals surface area (Å²) in [6.45, 7) is 6.10.